The van der Waals surface area contributed by atoms with E-state index in [9.17, 15) is 4.39 Å². The van der Waals surface area contributed by atoms with Crippen LogP contribution in [-0.4, -0.2) is 4.57 Å². The molecule has 0 radical (unpaired) electrons. The van der Waals surface area contributed by atoms with E-state index >= 15 is 0 Å². The largest absolute Gasteiger partial charge is 0.379 e. The van der Waals surface area contributed by atoms with Gasteiger partial charge in [-0.2, -0.15) is 0 Å². The minimum Gasteiger partial charge on any atom is -0.379 e. The molecule has 0 unspecified atom stereocenters. The zero-order valence-corrected chi connectivity index (χ0v) is 10.9. The zero-order valence-electron chi connectivity index (χ0n) is 10.9. The number of hydrogen-bond acceptors (Lipinski definition) is 1. The summed E-state index contributed by atoms with van der Waals surface area (Å²) in [5.41, 5.74) is 2.76. The molecule has 0 spiro atoms. The van der Waals surface area contributed by atoms with Crippen LogP contribution in [0.15, 0.2) is 36.5 Å². The Labute approximate surface area is 107 Å². The number of aryl methyl sites for hydroxylation is 1. The normalized spacial score (nSPS) is 10.6. The van der Waals surface area contributed by atoms with Crippen LogP contribution in [0, 0.1) is 12.7 Å². The first kappa shape index (κ1) is 12.7. The van der Waals surface area contributed by atoms with Gasteiger partial charge in [-0.15, -0.1) is 0 Å². The third-order valence-electron chi connectivity index (χ3n) is 3.12. The predicted octanol–water partition coefficient (Wildman–Crippen LogP) is 3.96. The van der Waals surface area contributed by atoms with E-state index in [2.05, 4.69) is 29.1 Å². The maximum Gasteiger partial charge on any atom is 0.128 e. The molecule has 0 saturated heterocycles. The molecule has 0 aliphatic rings. The zero-order chi connectivity index (χ0) is 13.0. The van der Waals surface area contributed by atoms with Gasteiger partial charge in [0.1, 0.15) is 5.82 Å². The molecule has 0 fully saturated rings. The quantitative estimate of drug-likeness (QED) is 0.845. The van der Waals surface area contributed by atoms with Gasteiger partial charge in [0.2, 0.25) is 0 Å². The Bertz CT molecular complexity index is 517. The molecule has 0 bridgehead atoms. The SMILES string of the molecule is CCCn1cccc1CNc1cccc(F)c1C. The first-order chi connectivity index (χ1) is 8.72. The van der Waals surface area contributed by atoms with E-state index in [1.165, 1.54) is 11.8 Å². The number of aromatic nitrogens is 1. The van der Waals surface area contributed by atoms with Crippen molar-refractivity contribution in [1.82, 2.24) is 4.57 Å². The monoisotopic (exact) mass is 246 g/mol. The van der Waals surface area contributed by atoms with Crippen LogP contribution >= 0.6 is 0 Å². The van der Waals surface area contributed by atoms with Crippen LogP contribution in [-0.2, 0) is 13.1 Å². The van der Waals surface area contributed by atoms with Crippen LogP contribution in [0.5, 0.6) is 0 Å². The number of benzene rings is 1. The highest BCUT2D eigenvalue weighted by molar-refractivity contribution is 5.51. The lowest BCUT2D eigenvalue weighted by atomic mass is 10.2. The second-order valence-corrected chi connectivity index (χ2v) is 4.46. The van der Waals surface area contributed by atoms with Crippen molar-refractivity contribution in [3.63, 3.8) is 0 Å². The van der Waals surface area contributed by atoms with Crippen LogP contribution in [0.2, 0.25) is 0 Å². The van der Waals surface area contributed by atoms with Crippen molar-refractivity contribution in [1.29, 1.82) is 0 Å². The molecule has 18 heavy (non-hydrogen) atoms. The predicted molar refractivity (Wildman–Crippen MR) is 73.2 cm³/mol. The summed E-state index contributed by atoms with van der Waals surface area (Å²) in [6, 6.07) is 9.27. The molecule has 0 aliphatic carbocycles. The molecular formula is C15H19FN2. The third kappa shape index (κ3) is 2.73. The second kappa shape index (κ2) is 5.71. The molecule has 3 heteroatoms. The lowest BCUT2D eigenvalue weighted by Gasteiger charge is -2.12. The molecular weight excluding hydrogens is 227 g/mol. The van der Waals surface area contributed by atoms with Gasteiger partial charge in [0.05, 0.1) is 6.54 Å². The van der Waals surface area contributed by atoms with E-state index in [-0.39, 0.29) is 5.82 Å². The Balaban J connectivity index is 2.07. The molecule has 0 aliphatic heterocycles. The van der Waals surface area contributed by atoms with Gasteiger partial charge in [-0.25, -0.2) is 4.39 Å². The number of anilines is 1. The van der Waals surface area contributed by atoms with Gasteiger partial charge >= 0.3 is 0 Å². The summed E-state index contributed by atoms with van der Waals surface area (Å²) < 4.78 is 15.6. The third-order valence-corrected chi connectivity index (χ3v) is 3.12. The van der Waals surface area contributed by atoms with Crippen LogP contribution in [0.25, 0.3) is 0 Å². The van der Waals surface area contributed by atoms with Crippen LogP contribution < -0.4 is 5.32 Å². The minimum atomic E-state index is -0.163. The molecule has 1 heterocycles. The molecule has 2 nitrogen and oxygen atoms in total. The Morgan fingerprint density at radius 2 is 2.06 bits per heavy atom. The number of halogens is 1. The Morgan fingerprint density at radius 1 is 1.22 bits per heavy atom. The van der Waals surface area contributed by atoms with Gasteiger partial charge in [0, 0.05) is 29.7 Å². The highest BCUT2D eigenvalue weighted by atomic mass is 19.1. The summed E-state index contributed by atoms with van der Waals surface area (Å²) in [5.74, 6) is -0.163. The Kier molecular flexibility index (Phi) is 4.03. The van der Waals surface area contributed by atoms with E-state index in [0.29, 0.717) is 5.56 Å². The van der Waals surface area contributed by atoms with Crippen molar-refractivity contribution in [2.45, 2.75) is 33.4 Å². The summed E-state index contributed by atoms with van der Waals surface area (Å²) in [4.78, 5) is 0. The van der Waals surface area contributed by atoms with Crippen molar-refractivity contribution >= 4 is 5.69 Å². The van der Waals surface area contributed by atoms with Gasteiger partial charge < -0.3 is 9.88 Å². The van der Waals surface area contributed by atoms with Crippen molar-refractivity contribution in [2.75, 3.05) is 5.32 Å². The summed E-state index contributed by atoms with van der Waals surface area (Å²) in [5, 5.41) is 3.29. The standard InChI is InChI=1S/C15H19FN2/c1-3-9-18-10-5-6-13(18)11-17-15-8-4-7-14(16)12(15)2/h4-8,10,17H,3,9,11H2,1-2H3. The molecule has 1 aromatic heterocycles. The lowest BCUT2D eigenvalue weighted by Crippen LogP contribution is -2.08. The van der Waals surface area contributed by atoms with E-state index in [1.807, 2.05) is 12.1 Å². The Morgan fingerprint density at radius 3 is 2.83 bits per heavy atom. The minimum absolute atomic E-state index is 0.163. The smallest absolute Gasteiger partial charge is 0.128 e. The molecule has 1 N–H and O–H groups in total. The van der Waals surface area contributed by atoms with Gasteiger partial charge in [-0.05, 0) is 37.6 Å². The van der Waals surface area contributed by atoms with Crippen LogP contribution in [0.4, 0.5) is 10.1 Å². The fraction of sp³-hybridized carbons (Fsp3) is 0.333. The highest BCUT2D eigenvalue weighted by Crippen LogP contribution is 2.18. The van der Waals surface area contributed by atoms with Gasteiger partial charge in [-0.1, -0.05) is 13.0 Å². The molecule has 1 aromatic carbocycles. The molecule has 0 amide bonds. The molecule has 2 rings (SSSR count). The first-order valence-corrected chi connectivity index (χ1v) is 6.35. The second-order valence-electron chi connectivity index (χ2n) is 4.46. The maximum absolute atomic E-state index is 13.4. The lowest BCUT2D eigenvalue weighted by molar-refractivity contribution is 0.618. The summed E-state index contributed by atoms with van der Waals surface area (Å²) >= 11 is 0. The van der Waals surface area contributed by atoms with E-state index in [1.54, 1.807) is 13.0 Å². The maximum atomic E-state index is 13.4. The van der Waals surface area contributed by atoms with Gasteiger partial charge in [0.15, 0.2) is 0 Å². The number of hydrogen-bond donors (Lipinski definition) is 1. The fourth-order valence-corrected chi connectivity index (χ4v) is 2.05. The topological polar surface area (TPSA) is 17.0 Å². The summed E-state index contributed by atoms with van der Waals surface area (Å²) in [6.45, 7) is 5.69. The van der Waals surface area contributed by atoms with Crippen molar-refractivity contribution in [3.8, 4) is 0 Å². The van der Waals surface area contributed by atoms with Gasteiger partial charge in [-0.3, -0.25) is 0 Å². The number of nitrogens with zero attached hydrogens (tertiary/aromatic N) is 1. The van der Waals surface area contributed by atoms with Crippen molar-refractivity contribution < 1.29 is 4.39 Å². The number of nitrogens with one attached hydrogen (secondary N) is 1. The fourth-order valence-electron chi connectivity index (χ4n) is 2.05. The van der Waals surface area contributed by atoms with Crippen molar-refractivity contribution in [3.05, 3.63) is 53.6 Å². The Hall–Kier alpha value is -1.77. The summed E-state index contributed by atoms with van der Waals surface area (Å²) in [6.07, 6.45) is 3.19. The molecule has 96 valence electrons. The van der Waals surface area contributed by atoms with E-state index in [4.69, 9.17) is 0 Å². The van der Waals surface area contributed by atoms with Crippen LogP contribution in [0.1, 0.15) is 24.6 Å². The summed E-state index contributed by atoms with van der Waals surface area (Å²) in [7, 11) is 0. The average molecular weight is 246 g/mol. The first-order valence-electron chi connectivity index (χ1n) is 6.35. The molecule has 0 atom stereocenters. The van der Waals surface area contributed by atoms with E-state index in [0.717, 1.165) is 25.2 Å². The average Bonchev–Trinajstić information content (AvgIpc) is 2.79. The van der Waals surface area contributed by atoms with E-state index < -0.39 is 0 Å². The molecule has 2 aromatic rings. The van der Waals surface area contributed by atoms with Crippen LogP contribution in [0.3, 0.4) is 0 Å². The molecule has 0 saturated carbocycles. The highest BCUT2D eigenvalue weighted by Gasteiger charge is 2.04. The van der Waals surface area contributed by atoms with Gasteiger partial charge in [0.25, 0.3) is 0 Å². The number of rotatable bonds is 5. The van der Waals surface area contributed by atoms with Crippen molar-refractivity contribution in [2.24, 2.45) is 0 Å².